The minimum atomic E-state index is 0.290. The summed E-state index contributed by atoms with van der Waals surface area (Å²) in [5.41, 5.74) is 0. The van der Waals surface area contributed by atoms with Crippen molar-refractivity contribution in [2.24, 2.45) is 5.92 Å². The van der Waals surface area contributed by atoms with Gasteiger partial charge in [0.05, 0.1) is 6.54 Å². The van der Waals surface area contributed by atoms with Crippen LogP contribution in [0.25, 0.3) is 0 Å². The lowest BCUT2D eigenvalue weighted by Crippen LogP contribution is -2.40. The van der Waals surface area contributed by atoms with Gasteiger partial charge in [0, 0.05) is 31.9 Å². The summed E-state index contributed by atoms with van der Waals surface area (Å²) in [5.74, 6) is 1.82. The van der Waals surface area contributed by atoms with Crippen LogP contribution in [0.2, 0.25) is 0 Å². The first-order chi connectivity index (χ1) is 8.83. The summed E-state index contributed by atoms with van der Waals surface area (Å²) in [6.45, 7) is 4.47. The molecular weight excluding hydrogens is 228 g/mol. The van der Waals surface area contributed by atoms with Crippen LogP contribution in [0.5, 0.6) is 0 Å². The lowest BCUT2D eigenvalue weighted by Gasteiger charge is -2.30. The van der Waals surface area contributed by atoms with Crippen LogP contribution in [-0.4, -0.2) is 40.0 Å². The molecule has 1 unspecified atom stereocenters. The van der Waals surface area contributed by atoms with Crippen LogP contribution >= 0.6 is 0 Å². The van der Waals surface area contributed by atoms with Crippen molar-refractivity contribution in [2.45, 2.75) is 32.4 Å². The van der Waals surface area contributed by atoms with Crippen LogP contribution < -0.4 is 5.32 Å². The molecule has 1 aromatic heterocycles. The van der Waals surface area contributed by atoms with Gasteiger partial charge >= 0.3 is 0 Å². The molecule has 0 aliphatic carbocycles. The molecule has 1 amide bonds. The SMILES string of the molecule is O=C(CC1CCCNC1)N1CCn2ccnc2C1. The van der Waals surface area contributed by atoms with Crippen molar-refractivity contribution in [1.29, 1.82) is 0 Å². The second-order valence-electron chi connectivity index (χ2n) is 5.27. The van der Waals surface area contributed by atoms with Gasteiger partial charge in [-0.05, 0) is 31.8 Å². The first-order valence-corrected chi connectivity index (χ1v) is 6.81. The Morgan fingerprint density at radius 1 is 1.50 bits per heavy atom. The number of imidazole rings is 1. The molecule has 5 nitrogen and oxygen atoms in total. The molecule has 1 aromatic rings. The first-order valence-electron chi connectivity index (χ1n) is 6.81. The van der Waals surface area contributed by atoms with Crippen molar-refractivity contribution in [3.05, 3.63) is 18.2 Å². The van der Waals surface area contributed by atoms with Gasteiger partial charge in [0.25, 0.3) is 0 Å². The van der Waals surface area contributed by atoms with E-state index in [0.29, 0.717) is 18.9 Å². The molecule has 3 rings (SSSR count). The molecule has 5 heteroatoms. The number of piperidine rings is 1. The van der Waals surface area contributed by atoms with Crippen LogP contribution in [0.15, 0.2) is 12.4 Å². The van der Waals surface area contributed by atoms with Crippen LogP contribution in [-0.2, 0) is 17.9 Å². The highest BCUT2D eigenvalue weighted by atomic mass is 16.2. The number of carbonyl (C=O) groups excluding carboxylic acids is 1. The predicted molar refractivity (Wildman–Crippen MR) is 67.9 cm³/mol. The minimum absolute atomic E-state index is 0.290. The number of aromatic nitrogens is 2. The Labute approximate surface area is 107 Å². The molecular formula is C13H20N4O. The number of nitrogens with zero attached hydrogens (tertiary/aromatic N) is 3. The topological polar surface area (TPSA) is 50.2 Å². The molecule has 3 heterocycles. The fraction of sp³-hybridized carbons (Fsp3) is 0.692. The lowest BCUT2D eigenvalue weighted by atomic mass is 9.95. The third-order valence-electron chi connectivity index (χ3n) is 3.96. The van der Waals surface area contributed by atoms with Gasteiger partial charge in [-0.2, -0.15) is 0 Å². The molecule has 0 spiro atoms. The Morgan fingerprint density at radius 3 is 3.28 bits per heavy atom. The van der Waals surface area contributed by atoms with E-state index in [9.17, 15) is 4.79 Å². The van der Waals surface area contributed by atoms with E-state index < -0.39 is 0 Å². The van der Waals surface area contributed by atoms with E-state index in [1.807, 2.05) is 17.3 Å². The Balaban J connectivity index is 1.57. The maximum Gasteiger partial charge on any atom is 0.223 e. The summed E-state index contributed by atoms with van der Waals surface area (Å²) in [6.07, 6.45) is 6.87. The number of rotatable bonds is 2. The third-order valence-corrected chi connectivity index (χ3v) is 3.96. The number of hydrogen-bond donors (Lipinski definition) is 1. The number of carbonyl (C=O) groups is 1. The summed E-state index contributed by atoms with van der Waals surface area (Å²) < 4.78 is 2.13. The van der Waals surface area contributed by atoms with E-state index >= 15 is 0 Å². The van der Waals surface area contributed by atoms with E-state index in [-0.39, 0.29) is 5.91 Å². The van der Waals surface area contributed by atoms with Gasteiger partial charge in [0.15, 0.2) is 0 Å². The van der Waals surface area contributed by atoms with Crippen molar-refractivity contribution in [1.82, 2.24) is 19.8 Å². The van der Waals surface area contributed by atoms with Crippen LogP contribution in [0.1, 0.15) is 25.1 Å². The van der Waals surface area contributed by atoms with Gasteiger partial charge < -0.3 is 14.8 Å². The summed E-state index contributed by atoms with van der Waals surface area (Å²) >= 11 is 0. The van der Waals surface area contributed by atoms with Gasteiger partial charge in [-0.15, -0.1) is 0 Å². The Morgan fingerprint density at radius 2 is 2.44 bits per heavy atom. The summed E-state index contributed by atoms with van der Waals surface area (Å²) in [6, 6.07) is 0. The fourth-order valence-electron chi connectivity index (χ4n) is 2.86. The Bertz CT molecular complexity index is 422. The van der Waals surface area contributed by atoms with Crippen molar-refractivity contribution in [3.8, 4) is 0 Å². The molecule has 1 atom stereocenters. The highest BCUT2D eigenvalue weighted by molar-refractivity contribution is 5.76. The second-order valence-corrected chi connectivity index (χ2v) is 5.27. The van der Waals surface area contributed by atoms with E-state index in [1.54, 1.807) is 0 Å². The average molecular weight is 248 g/mol. The summed E-state index contributed by atoms with van der Waals surface area (Å²) in [4.78, 5) is 18.5. The zero-order valence-electron chi connectivity index (χ0n) is 10.6. The predicted octanol–water partition coefficient (Wildman–Crippen LogP) is 0.615. The molecule has 98 valence electrons. The molecule has 1 N–H and O–H groups in total. The zero-order valence-corrected chi connectivity index (χ0v) is 10.6. The van der Waals surface area contributed by atoms with Gasteiger partial charge in [0.1, 0.15) is 5.82 Å². The zero-order chi connectivity index (χ0) is 12.4. The summed E-state index contributed by atoms with van der Waals surface area (Å²) in [7, 11) is 0. The molecule has 0 radical (unpaired) electrons. The molecule has 2 aliphatic rings. The lowest BCUT2D eigenvalue weighted by molar-refractivity contribution is -0.133. The average Bonchev–Trinajstić information content (AvgIpc) is 2.87. The van der Waals surface area contributed by atoms with E-state index in [4.69, 9.17) is 0 Å². The van der Waals surface area contributed by atoms with Gasteiger partial charge in [-0.25, -0.2) is 4.98 Å². The molecule has 0 bridgehead atoms. The van der Waals surface area contributed by atoms with Gasteiger partial charge in [-0.3, -0.25) is 4.79 Å². The van der Waals surface area contributed by atoms with Crippen LogP contribution in [0, 0.1) is 5.92 Å². The fourth-order valence-corrected chi connectivity index (χ4v) is 2.86. The highest BCUT2D eigenvalue weighted by Gasteiger charge is 2.24. The molecule has 1 saturated heterocycles. The number of amides is 1. The van der Waals surface area contributed by atoms with Crippen molar-refractivity contribution >= 4 is 5.91 Å². The molecule has 2 aliphatic heterocycles. The van der Waals surface area contributed by atoms with Crippen molar-refractivity contribution in [3.63, 3.8) is 0 Å². The third kappa shape index (κ3) is 2.41. The quantitative estimate of drug-likeness (QED) is 0.834. The Hall–Kier alpha value is -1.36. The minimum Gasteiger partial charge on any atom is -0.333 e. The molecule has 0 saturated carbocycles. The molecule has 18 heavy (non-hydrogen) atoms. The highest BCUT2D eigenvalue weighted by Crippen LogP contribution is 2.18. The van der Waals surface area contributed by atoms with E-state index in [2.05, 4.69) is 14.9 Å². The largest absolute Gasteiger partial charge is 0.333 e. The second kappa shape index (κ2) is 5.10. The Kier molecular flexibility index (Phi) is 3.32. The normalized spacial score (nSPS) is 23.8. The van der Waals surface area contributed by atoms with Crippen molar-refractivity contribution < 1.29 is 4.79 Å². The van der Waals surface area contributed by atoms with E-state index in [0.717, 1.165) is 32.0 Å². The van der Waals surface area contributed by atoms with Crippen LogP contribution in [0.4, 0.5) is 0 Å². The van der Waals surface area contributed by atoms with Crippen LogP contribution in [0.3, 0.4) is 0 Å². The monoisotopic (exact) mass is 248 g/mol. The smallest absolute Gasteiger partial charge is 0.223 e. The molecule has 1 fully saturated rings. The standard InChI is InChI=1S/C13H20N4O/c18-13(8-11-2-1-3-14-9-11)17-7-6-16-5-4-15-12(16)10-17/h4-5,11,14H,1-3,6-10H2. The molecule has 0 aromatic carbocycles. The first kappa shape index (κ1) is 11.7. The van der Waals surface area contributed by atoms with Crippen molar-refractivity contribution in [2.75, 3.05) is 19.6 Å². The van der Waals surface area contributed by atoms with E-state index in [1.165, 1.54) is 12.8 Å². The van der Waals surface area contributed by atoms with Gasteiger partial charge in [0.2, 0.25) is 5.91 Å². The number of hydrogen-bond acceptors (Lipinski definition) is 3. The number of nitrogens with one attached hydrogen (secondary N) is 1. The maximum absolute atomic E-state index is 12.3. The maximum atomic E-state index is 12.3. The number of fused-ring (bicyclic) bond motifs is 1. The van der Waals surface area contributed by atoms with Gasteiger partial charge in [-0.1, -0.05) is 0 Å². The summed E-state index contributed by atoms with van der Waals surface area (Å²) in [5, 5.41) is 3.37.